The lowest BCUT2D eigenvalue weighted by Gasteiger charge is -2.37. The molecule has 3 aliphatic rings. The van der Waals surface area contributed by atoms with Crippen LogP contribution in [0.2, 0.25) is 0 Å². The summed E-state index contributed by atoms with van der Waals surface area (Å²) in [7, 11) is 4.73. The molecule has 5 rings (SSSR count). The summed E-state index contributed by atoms with van der Waals surface area (Å²) < 4.78 is 74.7. The molecule has 3 aliphatic heterocycles. The number of carbonyl (C=O) groups excluding carboxylic acids is 6. The van der Waals surface area contributed by atoms with E-state index in [0.29, 0.717) is 205 Å². The highest BCUT2D eigenvalue weighted by atomic mass is 16.7. The Morgan fingerprint density at radius 3 is 1.52 bits per heavy atom. The van der Waals surface area contributed by atoms with Crippen LogP contribution < -0.4 is 25.0 Å². The predicted molar refractivity (Wildman–Crippen MR) is 290 cm³/mol. The number of rotatable bonds is 45. The van der Waals surface area contributed by atoms with E-state index in [4.69, 9.17) is 71.2 Å². The number of hydrogen-bond donors (Lipinski definition) is 2. The van der Waals surface area contributed by atoms with Crippen LogP contribution in [0, 0.1) is 0 Å². The van der Waals surface area contributed by atoms with Crippen molar-refractivity contribution in [1.29, 1.82) is 0 Å². The Labute approximate surface area is 479 Å². The average molecular weight is 1170 g/mol. The molecule has 1 aromatic heterocycles. The second-order valence-electron chi connectivity index (χ2n) is 18.1. The lowest BCUT2D eigenvalue weighted by atomic mass is 9.87. The third kappa shape index (κ3) is 26.7. The summed E-state index contributed by atoms with van der Waals surface area (Å²) in [4.78, 5) is 89.8. The number of aromatic nitrogens is 2. The van der Waals surface area contributed by atoms with E-state index in [2.05, 4.69) is 27.5 Å². The van der Waals surface area contributed by atoms with Gasteiger partial charge in [-0.3, -0.25) is 24.1 Å². The zero-order chi connectivity index (χ0) is 58.9. The largest absolute Gasteiger partial charge is 0.497 e. The van der Waals surface area contributed by atoms with Gasteiger partial charge in [0.15, 0.2) is 0 Å². The molecule has 0 atom stereocenters. The first-order valence-electron chi connectivity index (χ1n) is 27.7. The van der Waals surface area contributed by atoms with Crippen LogP contribution in [0.1, 0.15) is 61.4 Å². The van der Waals surface area contributed by atoms with Gasteiger partial charge in [-0.25, -0.2) is 19.6 Å². The van der Waals surface area contributed by atoms with E-state index < -0.39 is 29.4 Å². The minimum absolute atomic E-state index is 0.0635. The number of urea groups is 1. The highest BCUT2D eigenvalue weighted by Crippen LogP contribution is 2.33. The summed E-state index contributed by atoms with van der Waals surface area (Å²) in [5, 5.41) is 6.23. The van der Waals surface area contributed by atoms with Crippen molar-refractivity contribution in [1.82, 2.24) is 30.6 Å². The molecule has 1 aromatic carbocycles. The number of methoxy groups -OCH3 is 3. The molecule has 0 aliphatic carbocycles. The van der Waals surface area contributed by atoms with E-state index in [1.54, 1.807) is 32.4 Å². The van der Waals surface area contributed by atoms with Crippen LogP contribution in [0.4, 0.5) is 10.7 Å². The average Bonchev–Trinajstić information content (AvgIpc) is 3.27. The monoisotopic (exact) mass is 1170 g/mol. The number of imide groups is 2. The molecular weight excluding hydrogens is 1080 g/mol. The van der Waals surface area contributed by atoms with E-state index in [1.165, 1.54) is 24.4 Å². The van der Waals surface area contributed by atoms with Gasteiger partial charge in [0.2, 0.25) is 5.95 Å². The number of carbonyl (C=O) groups is 6. The van der Waals surface area contributed by atoms with Crippen molar-refractivity contribution in [2.45, 2.75) is 57.5 Å². The predicted octanol–water partition coefficient (Wildman–Crippen LogP) is 1.54. The Kier molecular flexibility index (Phi) is 35.3. The Hall–Kier alpha value is -5.76. The number of benzene rings is 1. The third-order valence-corrected chi connectivity index (χ3v) is 12.2. The number of hydroxylamine groups is 2. The van der Waals surface area contributed by atoms with Crippen LogP contribution in [-0.2, 0) is 87.4 Å². The number of nitrogens with zero attached hydrogens (tertiary/aromatic N) is 5. The van der Waals surface area contributed by atoms with Crippen LogP contribution in [0.25, 0.3) is 0 Å². The first-order valence-corrected chi connectivity index (χ1v) is 27.7. The Bertz CT molecular complexity index is 2120. The van der Waals surface area contributed by atoms with Gasteiger partial charge < -0.3 is 86.7 Å². The van der Waals surface area contributed by atoms with Gasteiger partial charge in [0.05, 0.1) is 178 Å². The van der Waals surface area contributed by atoms with Gasteiger partial charge in [-0.05, 0) is 37.5 Å². The van der Waals surface area contributed by atoms with Gasteiger partial charge in [-0.15, -0.1) is 5.06 Å². The minimum atomic E-state index is -0.989. The third-order valence-electron chi connectivity index (χ3n) is 12.2. The second kappa shape index (κ2) is 42.1. The molecule has 82 heavy (non-hydrogen) atoms. The molecule has 2 N–H and O–H groups in total. The van der Waals surface area contributed by atoms with Gasteiger partial charge in [-0.2, -0.15) is 0 Å². The normalized spacial score (nSPS) is 14.8. The van der Waals surface area contributed by atoms with Crippen molar-refractivity contribution in [2.24, 2.45) is 0 Å². The van der Waals surface area contributed by atoms with Crippen molar-refractivity contribution in [2.75, 3.05) is 198 Å². The molecule has 0 saturated carbocycles. The minimum Gasteiger partial charge on any atom is -0.497 e. The molecule has 3 saturated heterocycles. The number of piperidine rings is 1. The van der Waals surface area contributed by atoms with Gasteiger partial charge in [-0.1, -0.05) is 6.92 Å². The van der Waals surface area contributed by atoms with E-state index in [9.17, 15) is 28.8 Å². The Balaban J connectivity index is 0.000000357. The first-order chi connectivity index (χ1) is 40.0. The molecule has 6 amide bonds. The first kappa shape index (κ1) is 68.7. The summed E-state index contributed by atoms with van der Waals surface area (Å²) in [6, 6.07) is 4.82. The standard InChI is InChI=1S/C30H42N6O8.C24H43NO13/c1-4-12-42-14-16-44-17-15-43-13-9-31-26(37)23-19-32-28(33-20-23)35-10-7-30(8-11-35)27(38)36(29(39)34-30)21-22-18-24(40-2)5-6-25(22)41-3;1-29-6-7-31-10-11-33-14-15-35-18-19-37-21-20-36-17-16-34-13-12-32-9-8-30-5-4-24(28)38-25-22(26)2-3-23(25)27/h5-6,18-20H,4,7-17,21H2,1-3H3,(H,31,37)(H,34,39);2-21H2,1H3. The molecule has 0 bridgehead atoms. The highest BCUT2D eigenvalue weighted by Gasteiger charge is 2.52. The van der Waals surface area contributed by atoms with Crippen LogP contribution in [-0.4, -0.2) is 254 Å². The zero-order valence-corrected chi connectivity index (χ0v) is 48.0. The van der Waals surface area contributed by atoms with E-state index in [1.807, 2.05) is 4.90 Å². The molecule has 28 heteroatoms. The summed E-state index contributed by atoms with van der Waals surface area (Å²) >= 11 is 0. The fourth-order valence-electron chi connectivity index (χ4n) is 7.79. The molecule has 3 fully saturated rings. The summed E-state index contributed by atoms with van der Waals surface area (Å²) in [6.07, 6.45) is 4.79. The van der Waals surface area contributed by atoms with Crippen molar-refractivity contribution >= 4 is 41.6 Å². The topological polar surface area (TPSA) is 300 Å². The maximum atomic E-state index is 13.5. The Morgan fingerprint density at radius 1 is 0.598 bits per heavy atom. The quantitative estimate of drug-likeness (QED) is 0.0540. The molecule has 1 spiro atoms. The van der Waals surface area contributed by atoms with E-state index in [0.717, 1.165) is 13.0 Å². The van der Waals surface area contributed by atoms with Crippen LogP contribution in [0.15, 0.2) is 30.6 Å². The maximum Gasteiger partial charge on any atom is 0.335 e. The Morgan fingerprint density at radius 2 is 1.06 bits per heavy atom. The van der Waals surface area contributed by atoms with Crippen LogP contribution in [0.3, 0.4) is 0 Å². The molecule has 4 heterocycles. The van der Waals surface area contributed by atoms with Crippen LogP contribution in [0.5, 0.6) is 11.5 Å². The molecule has 0 unspecified atom stereocenters. The van der Waals surface area contributed by atoms with Gasteiger partial charge in [0, 0.05) is 64.1 Å². The van der Waals surface area contributed by atoms with E-state index in [-0.39, 0.29) is 44.2 Å². The number of anilines is 1. The van der Waals surface area contributed by atoms with Crippen molar-refractivity contribution in [3.05, 3.63) is 41.7 Å². The van der Waals surface area contributed by atoms with Gasteiger partial charge >= 0.3 is 12.0 Å². The molecule has 0 radical (unpaired) electrons. The summed E-state index contributed by atoms with van der Waals surface area (Å²) in [6.45, 7) is 14.1. The number of amides is 6. The molecular formula is C54H85N7O21. The van der Waals surface area contributed by atoms with Gasteiger partial charge in [0.25, 0.3) is 23.6 Å². The van der Waals surface area contributed by atoms with Crippen molar-refractivity contribution < 1.29 is 99.9 Å². The smallest absolute Gasteiger partial charge is 0.335 e. The zero-order valence-electron chi connectivity index (χ0n) is 48.0. The number of hydrogen-bond acceptors (Lipinski definition) is 24. The molecule has 2 aromatic rings. The van der Waals surface area contributed by atoms with Crippen molar-refractivity contribution in [3.63, 3.8) is 0 Å². The maximum absolute atomic E-state index is 13.5. The van der Waals surface area contributed by atoms with E-state index >= 15 is 0 Å². The fraction of sp³-hybridized carbons (Fsp3) is 0.704. The molecule has 462 valence electrons. The molecule has 28 nitrogen and oxygen atoms in total. The van der Waals surface area contributed by atoms with Gasteiger partial charge in [0.1, 0.15) is 17.0 Å². The second-order valence-corrected chi connectivity index (χ2v) is 18.1. The van der Waals surface area contributed by atoms with Crippen LogP contribution >= 0.6 is 0 Å². The fourth-order valence-corrected chi connectivity index (χ4v) is 7.79. The van der Waals surface area contributed by atoms with Crippen molar-refractivity contribution in [3.8, 4) is 11.5 Å². The summed E-state index contributed by atoms with van der Waals surface area (Å²) in [5.74, 6) is -0.652. The highest BCUT2D eigenvalue weighted by molar-refractivity contribution is 6.07. The summed E-state index contributed by atoms with van der Waals surface area (Å²) in [5.41, 5.74) is 0.0138. The lowest BCUT2D eigenvalue weighted by molar-refractivity contribution is -0.198. The number of nitrogens with one attached hydrogen (secondary N) is 2. The lowest BCUT2D eigenvalue weighted by Crippen LogP contribution is -2.55. The SMILES string of the molecule is CCCOCCOCCOCCNC(=O)c1cnc(N2CCC3(CC2)NC(=O)N(Cc2cc(OC)ccc2OC)C3=O)nc1.COCCOCCOCCOCCOCCOCCOCCOCCOCCC(=O)ON1C(=O)CCC1=O. The number of ether oxygens (including phenoxy) is 14.